The van der Waals surface area contributed by atoms with Crippen LogP contribution in [0.25, 0.3) is 0 Å². The Labute approximate surface area is 103 Å². The molecule has 0 aromatic rings. The fraction of sp³-hybridized carbons (Fsp3) is 0.923. The lowest BCUT2D eigenvalue weighted by atomic mass is 9.66. The summed E-state index contributed by atoms with van der Waals surface area (Å²) in [5.74, 6) is 0.143. The Balaban J connectivity index is 1.66. The second-order valence-electron chi connectivity index (χ2n) is 5.53. The third kappa shape index (κ3) is 3.42. The summed E-state index contributed by atoms with van der Waals surface area (Å²) in [5, 5.41) is 2.99. The van der Waals surface area contributed by atoms with Gasteiger partial charge in [0, 0.05) is 19.6 Å². The van der Waals surface area contributed by atoms with Crippen LogP contribution in [0.1, 0.15) is 44.9 Å². The quantitative estimate of drug-likeness (QED) is 0.758. The van der Waals surface area contributed by atoms with Gasteiger partial charge < -0.3 is 15.8 Å². The minimum Gasteiger partial charge on any atom is -0.376 e. The predicted molar refractivity (Wildman–Crippen MR) is 66.6 cm³/mol. The Hall–Kier alpha value is -0.610. The molecule has 4 nitrogen and oxygen atoms in total. The molecule has 0 spiro atoms. The van der Waals surface area contributed by atoms with Crippen molar-refractivity contribution < 1.29 is 9.53 Å². The van der Waals surface area contributed by atoms with E-state index in [2.05, 4.69) is 5.32 Å². The number of amides is 1. The van der Waals surface area contributed by atoms with Gasteiger partial charge in [0.2, 0.25) is 5.91 Å². The zero-order valence-corrected chi connectivity index (χ0v) is 10.5. The second kappa shape index (κ2) is 5.83. The molecule has 0 aromatic carbocycles. The predicted octanol–water partition coefficient (Wildman–Crippen LogP) is 1.19. The molecule has 1 atom stereocenters. The number of carbonyl (C=O) groups excluding carboxylic acids is 1. The first-order valence-corrected chi connectivity index (χ1v) is 6.82. The highest BCUT2D eigenvalue weighted by Gasteiger charge is 2.37. The van der Waals surface area contributed by atoms with E-state index < -0.39 is 0 Å². The molecule has 1 saturated carbocycles. The molecule has 1 aliphatic carbocycles. The molecule has 4 heteroatoms. The Morgan fingerprint density at radius 3 is 2.71 bits per heavy atom. The molecule has 17 heavy (non-hydrogen) atoms. The largest absolute Gasteiger partial charge is 0.376 e. The van der Waals surface area contributed by atoms with Crippen molar-refractivity contribution in [3.8, 4) is 0 Å². The van der Waals surface area contributed by atoms with Gasteiger partial charge in [-0.25, -0.2) is 0 Å². The Morgan fingerprint density at radius 1 is 1.35 bits per heavy atom. The van der Waals surface area contributed by atoms with Crippen molar-refractivity contribution in [2.45, 2.75) is 51.0 Å². The van der Waals surface area contributed by atoms with Crippen molar-refractivity contribution in [1.82, 2.24) is 5.32 Å². The third-order valence-corrected chi connectivity index (χ3v) is 4.18. The molecule has 0 bridgehead atoms. The van der Waals surface area contributed by atoms with E-state index in [9.17, 15) is 4.79 Å². The average Bonchev–Trinajstić information content (AvgIpc) is 2.33. The number of hydrogen-bond donors (Lipinski definition) is 2. The molecule has 2 fully saturated rings. The molecule has 3 N–H and O–H groups in total. The number of ether oxygens (including phenoxy) is 1. The highest BCUT2D eigenvalue weighted by molar-refractivity contribution is 5.76. The molecule has 1 saturated heterocycles. The van der Waals surface area contributed by atoms with Gasteiger partial charge >= 0.3 is 0 Å². The molecular formula is C13H24N2O2. The molecule has 1 amide bonds. The maximum atomic E-state index is 11.8. The van der Waals surface area contributed by atoms with Crippen molar-refractivity contribution in [2.75, 3.05) is 19.7 Å². The van der Waals surface area contributed by atoms with E-state index >= 15 is 0 Å². The molecule has 0 aromatic heterocycles. The van der Waals surface area contributed by atoms with Crippen LogP contribution in [0.3, 0.4) is 0 Å². The number of hydrogen-bond acceptors (Lipinski definition) is 3. The van der Waals surface area contributed by atoms with Crippen LogP contribution in [0.5, 0.6) is 0 Å². The van der Waals surface area contributed by atoms with Crippen molar-refractivity contribution in [1.29, 1.82) is 0 Å². The van der Waals surface area contributed by atoms with E-state index in [0.29, 0.717) is 19.5 Å². The van der Waals surface area contributed by atoms with Gasteiger partial charge in [0.05, 0.1) is 6.10 Å². The van der Waals surface area contributed by atoms with Gasteiger partial charge in [0.15, 0.2) is 0 Å². The molecule has 1 unspecified atom stereocenters. The summed E-state index contributed by atoms with van der Waals surface area (Å²) < 4.78 is 5.59. The lowest BCUT2D eigenvalue weighted by Crippen LogP contribution is -2.43. The smallest absolute Gasteiger partial charge is 0.220 e. The van der Waals surface area contributed by atoms with E-state index in [-0.39, 0.29) is 17.4 Å². The number of rotatable bonds is 5. The maximum absolute atomic E-state index is 11.8. The zero-order chi connectivity index (χ0) is 12.1. The van der Waals surface area contributed by atoms with Crippen molar-refractivity contribution in [3.05, 3.63) is 0 Å². The lowest BCUT2D eigenvalue weighted by molar-refractivity contribution is -0.125. The molecule has 2 rings (SSSR count). The van der Waals surface area contributed by atoms with E-state index in [4.69, 9.17) is 10.5 Å². The Kier molecular flexibility index (Phi) is 4.40. The van der Waals surface area contributed by atoms with Gasteiger partial charge in [-0.15, -0.1) is 0 Å². The van der Waals surface area contributed by atoms with E-state index in [1.165, 1.54) is 12.8 Å². The first-order valence-electron chi connectivity index (χ1n) is 6.82. The lowest BCUT2D eigenvalue weighted by Gasteiger charge is -2.40. The summed E-state index contributed by atoms with van der Waals surface area (Å²) in [6.07, 6.45) is 7.69. The monoisotopic (exact) mass is 240 g/mol. The van der Waals surface area contributed by atoms with E-state index in [1.54, 1.807) is 0 Å². The molecule has 1 heterocycles. The summed E-state index contributed by atoms with van der Waals surface area (Å²) in [7, 11) is 0. The summed E-state index contributed by atoms with van der Waals surface area (Å²) >= 11 is 0. The van der Waals surface area contributed by atoms with Crippen molar-refractivity contribution in [2.24, 2.45) is 11.1 Å². The van der Waals surface area contributed by atoms with Crippen LogP contribution in [0.2, 0.25) is 0 Å². The number of carbonyl (C=O) groups is 1. The maximum Gasteiger partial charge on any atom is 0.220 e. The average molecular weight is 240 g/mol. The molecule has 1 aliphatic heterocycles. The van der Waals surface area contributed by atoms with Gasteiger partial charge in [0.25, 0.3) is 0 Å². The van der Waals surface area contributed by atoms with Gasteiger partial charge in [-0.2, -0.15) is 0 Å². The highest BCUT2D eigenvalue weighted by Crippen LogP contribution is 2.42. The van der Waals surface area contributed by atoms with Crippen LogP contribution in [0, 0.1) is 5.41 Å². The standard InChI is InChI=1S/C13H24N2O2/c14-10-13(5-3-6-13)8-12(16)15-9-11-4-1-2-7-17-11/h11H,1-10,14H2,(H,15,16). The molecule has 0 radical (unpaired) electrons. The molecular weight excluding hydrogens is 216 g/mol. The number of nitrogens with two attached hydrogens (primary N) is 1. The highest BCUT2D eigenvalue weighted by atomic mass is 16.5. The minimum absolute atomic E-state index is 0.109. The van der Waals surface area contributed by atoms with Crippen LogP contribution in [-0.4, -0.2) is 31.7 Å². The summed E-state index contributed by atoms with van der Waals surface area (Å²) in [6, 6.07) is 0. The van der Waals surface area contributed by atoms with Gasteiger partial charge in [0.1, 0.15) is 0 Å². The fourth-order valence-corrected chi connectivity index (χ4v) is 2.73. The Bertz CT molecular complexity index is 253. The Morgan fingerprint density at radius 2 is 2.18 bits per heavy atom. The van der Waals surface area contributed by atoms with Crippen LogP contribution in [-0.2, 0) is 9.53 Å². The minimum atomic E-state index is 0.109. The zero-order valence-electron chi connectivity index (χ0n) is 10.5. The van der Waals surface area contributed by atoms with E-state index in [0.717, 1.165) is 32.3 Å². The van der Waals surface area contributed by atoms with Gasteiger partial charge in [-0.05, 0) is 44.1 Å². The fourth-order valence-electron chi connectivity index (χ4n) is 2.73. The third-order valence-electron chi connectivity index (χ3n) is 4.18. The molecule has 98 valence electrons. The van der Waals surface area contributed by atoms with E-state index in [1.807, 2.05) is 0 Å². The van der Waals surface area contributed by atoms with Crippen molar-refractivity contribution >= 4 is 5.91 Å². The van der Waals surface area contributed by atoms with Crippen LogP contribution in [0.15, 0.2) is 0 Å². The van der Waals surface area contributed by atoms with Crippen LogP contribution in [0.4, 0.5) is 0 Å². The topological polar surface area (TPSA) is 64.4 Å². The normalized spacial score (nSPS) is 27.2. The van der Waals surface area contributed by atoms with Gasteiger partial charge in [-0.3, -0.25) is 4.79 Å². The molecule has 2 aliphatic rings. The number of nitrogens with one attached hydrogen (secondary N) is 1. The van der Waals surface area contributed by atoms with Gasteiger partial charge in [-0.1, -0.05) is 6.42 Å². The first-order chi connectivity index (χ1) is 8.24. The second-order valence-corrected chi connectivity index (χ2v) is 5.53. The first kappa shape index (κ1) is 12.8. The summed E-state index contributed by atoms with van der Waals surface area (Å²) in [4.78, 5) is 11.8. The van der Waals surface area contributed by atoms with Crippen LogP contribution >= 0.6 is 0 Å². The summed E-state index contributed by atoms with van der Waals surface area (Å²) in [6.45, 7) is 2.15. The van der Waals surface area contributed by atoms with Crippen molar-refractivity contribution in [3.63, 3.8) is 0 Å². The SMILES string of the molecule is NCC1(CC(=O)NCC2CCCCO2)CCC1. The summed E-state index contributed by atoms with van der Waals surface area (Å²) in [5.41, 5.74) is 5.86. The van der Waals surface area contributed by atoms with Crippen LogP contribution < -0.4 is 11.1 Å².